The van der Waals surface area contributed by atoms with Gasteiger partial charge >= 0.3 is 23.9 Å². The van der Waals surface area contributed by atoms with Crippen molar-refractivity contribution >= 4 is 23.9 Å². The van der Waals surface area contributed by atoms with Crippen molar-refractivity contribution in [2.45, 2.75) is 39.5 Å². The fourth-order valence-corrected chi connectivity index (χ4v) is 4.41. The van der Waals surface area contributed by atoms with Crippen LogP contribution in [0.4, 0.5) is 0 Å². The molecule has 0 saturated heterocycles. The first kappa shape index (κ1) is 35.1. The van der Waals surface area contributed by atoms with Gasteiger partial charge in [-0.25, -0.2) is 19.2 Å². The van der Waals surface area contributed by atoms with Gasteiger partial charge in [-0.15, -0.1) is 0 Å². The van der Waals surface area contributed by atoms with Crippen LogP contribution in [0.1, 0.15) is 57.5 Å². The van der Waals surface area contributed by atoms with E-state index >= 15 is 0 Å². The number of ether oxygens (including phenoxy) is 5. The zero-order valence-electron chi connectivity index (χ0n) is 26.0. The first-order chi connectivity index (χ1) is 22.1. The van der Waals surface area contributed by atoms with Crippen molar-refractivity contribution in [2.24, 2.45) is 0 Å². The second kappa shape index (κ2) is 17.8. The lowest BCUT2D eigenvalue weighted by Gasteiger charge is -2.17. The molecule has 0 amide bonds. The Morgan fingerprint density at radius 2 is 1.28 bits per heavy atom. The molecule has 0 aliphatic heterocycles. The molecule has 0 atom stereocenters. The predicted molar refractivity (Wildman–Crippen MR) is 171 cm³/mol. The number of carboxylic acid groups (broad SMARTS) is 1. The van der Waals surface area contributed by atoms with Gasteiger partial charge in [0.05, 0.1) is 37.6 Å². The van der Waals surface area contributed by atoms with Crippen LogP contribution in [-0.4, -0.2) is 55.4 Å². The van der Waals surface area contributed by atoms with Crippen molar-refractivity contribution in [3.05, 3.63) is 102 Å². The van der Waals surface area contributed by atoms with E-state index in [9.17, 15) is 24.3 Å². The topological polar surface area (TPSA) is 135 Å². The first-order valence-electron chi connectivity index (χ1n) is 14.8. The fourth-order valence-electron chi connectivity index (χ4n) is 4.41. The highest BCUT2D eigenvalue weighted by molar-refractivity contribution is 5.94. The quantitative estimate of drug-likeness (QED) is 0.0703. The van der Waals surface area contributed by atoms with Crippen LogP contribution in [0.25, 0.3) is 11.1 Å². The van der Waals surface area contributed by atoms with Gasteiger partial charge in [0, 0.05) is 17.7 Å². The summed E-state index contributed by atoms with van der Waals surface area (Å²) in [6.45, 7) is 11.5. The summed E-state index contributed by atoms with van der Waals surface area (Å²) in [5.41, 5.74) is 3.01. The molecule has 0 unspecified atom stereocenters. The highest BCUT2D eigenvalue weighted by Gasteiger charge is 2.19. The standard InChI is InChI=1S/C36H38O10/c1-5-32(37)44-21-9-7-19-42-28-14-11-26(12-15-28)36(41)46-30-17-13-27(23-24(30)3)34-25(4)29(35(39)40)16-18-31(34)43-20-8-10-22-45-33(38)6-2/h5-6,11-18,23H,1-2,7-10,19-22H2,3-4H3,(H,39,40). The van der Waals surface area contributed by atoms with E-state index in [0.29, 0.717) is 90.6 Å². The van der Waals surface area contributed by atoms with Crippen LogP contribution in [0.3, 0.4) is 0 Å². The Morgan fingerprint density at radius 1 is 0.717 bits per heavy atom. The van der Waals surface area contributed by atoms with E-state index < -0.39 is 23.9 Å². The molecule has 1 N–H and O–H groups in total. The molecule has 3 aromatic rings. The van der Waals surface area contributed by atoms with Crippen LogP contribution in [0.5, 0.6) is 17.2 Å². The Hall–Kier alpha value is -5.38. The number of hydrogen-bond donors (Lipinski definition) is 1. The highest BCUT2D eigenvalue weighted by atomic mass is 16.5. The molecule has 0 saturated carbocycles. The summed E-state index contributed by atoms with van der Waals surface area (Å²) in [5.74, 6) is -1.08. The molecule has 3 rings (SSSR count). The lowest BCUT2D eigenvalue weighted by Crippen LogP contribution is -2.10. The third kappa shape index (κ3) is 10.4. The Bertz CT molecular complexity index is 1560. The average molecular weight is 631 g/mol. The number of carbonyl (C=O) groups is 4. The van der Waals surface area contributed by atoms with E-state index in [1.54, 1.807) is 56.3 Å². The van der Waals surface area contributed by atoms with Crippen molar-refractivity contribution in [3.8, 4) is 28.4 Å². The van der Waals surface area contributed by atoms with Gasteiger partial charge in [0.15, 0.2) is 0 Å². The predicted octanol–water partition coefficient (Wildman–Crippen LogP) is 6.66. The van der Waals surface area contributed by atoms with E-state index in [4.69, 9.17) is 23.7 Å². The smallest absolute Gasteiger partial charge is 0.343 e. The molecule has 3 aromatic carbocycles. The SMILES string of the molecule is C=CC(=O)OCCCCOc1ccc(C(=O)Oc2ccc(-c3c(OCCCCOC(=O)C=C)ccc(C(=O)O)c3C)cc2C)cc1. The second-order valence-corrected chi connectivity index (χ2v) is 10.2. The van der Waals surface area contributed by atoms with Crippen molar-refractivity contribution in [1.82, 2.24) is 0 Å². The third-order valence-electron chi connectivity index (χ3n) is 6.84. The molecule has 0 fully saturated rings. The van der Waals surface area contributed by atoms with Crippen LogP contribution in [0.15, 0.2) is 79.9 Å². The van der Waals surface area contributed by atoms with Crippen molar-refractivity contribution in [1.29, 1.82) is 0 Å². The van der Waals surface area contributed by atoms with Crippen LogP contribution in [0.2, 0.25) is 0 Å². The highest BCUT2D eigenvalue weighted by Crippen LogP contribution is 2.37. The molecule has 0 aliphatic carbocycles. The van der Waals surface area contributed by atoms with Crippen molar-refractivity contribution < 1.29 is 48.0 Å². The summed E-state index contributed by atoms with van der Waals surface area (Å²) in [6.07, 6.45) is 4.77. The van der Waals surface area contributed by atoms with Gasteiger partial charge in [0.2, 0.25) is 0 Å². The zero-order valence-corrected chi connectivity index (χ0v) is 26.0. The normalized spacial score (nSPS) is 10.4. The van der Waals surface area contributed by atoms with Crippen molar-refractivity contribution in [2.75, 3.05) is 26.4 Å². The Morgan fingerprint density at radius 3 is 1.85 bits per heavy atom. The number of hydrogen-bond acceptors (Lipinski definition) is 9. The molecule has 0 spiro atoms. The van der Waals surface area contributed by atoms with Gasteiger partial charge in [0.1, 0.15) is 17.2 Å². The van der Waals surface area contributed by atoms with E-state index in [0.717, 1.165) is 12.2 Å². The lowest BCUT2D eigenvalue weighted by atomic mass is 9.94. The van der Waals surface area contributed by atoms with Gasteiger partial charge in [-0.3, -0.25) is 0 Å². The Balaban J connectivity index is 1.64. The molecule has 10 heteroatoms. The number of rotatable bonds is 18. The number of benzene rings is 3. The number of aryl methyl sites for hydroxylation is 1. The number of carboxylic acids is 1. The molecule has 0 heterocycles. The van der Waals surface area contributed by atoms with Crippen LogP contribution in [-0.2, 0) is 19.1 Å². The fraction of sp³-hybridized carbons (Fsp3) is 0.278. The summed E-state index contributed by atoms with van der Waals surface area (Å²) >= 11 is 0. The van der Waals surface area contributed by atoms with Crippen molar-refractivity contribution in [3.63, 3.8) is 0 Å². The summed E-state index contributed by atoms with van der Waals surface area (Å²) in [4.78, 5) is 47.0. The first-order valence-corrected chi connectivity index (χ1v) is 14.8. The number of carbonyl (C=O) groups excluding carboxylic acids is 3. The van der Waals surface area contributed by atoms with E-state index in [2.05, 4.69) is 13.2 Å². The average Bonchev–Trinajstić information content (AvgIpc) is 3.05. The number of aromatic carboxylic acids is 1. The van der Waals surface area contributed by atoms with Gasteiger partial charge in [0.25, 0.3) is 0 Å². The van der Waals surface area contributed by atoms with E-state index in [-0.39, 0.29) is 12.2 Å². The maximum atomic E-state index is 12.9. The molecular formula is C36H38O10. The van der Waals surface area contributed by atoms with Crippen LogP contribution < -0.4 is 14.2 Å². The number of unbranched alkanes of at least 4 members (excludes halogenated alkanes) is 2. The maximum absolute atomic E-state index is 12.9. The lowest BCUT2D eigenvalue weighted by molar-refractivity contribution is -0.138. The largest absolute Gasteiger partial charge is 0.494 e. The van der Waals surface area contributed by atoms with Gasteiger partial charge in [-0.05, 0) is 105 Å². The molecular weight excluding hydrogens is 592 g/mol. The second-order valence-electron chi connectivity index (χ2n) is 10.2. The van der Waals surface area contributed by atoms with Crippen LogP contribution >= 0.6 is 0 Å². The molecule has 0 radical (unpaired) electrons. The molecule has 0 aliphatic rings. The Kier molecular flexibility index (Phi) is 13.6. The van der Waals surface area contributed by atoms with E-state index in [1.165, 1.54) is 6.07 Å². The zero-order chi connectivity index (χ0) is 33.5. The van der Waals surface area contributed by atoms with E-state index in [1.807, 2.05) is 6.07 Å². The molecule has 10 nitrogen and oxygen atoms in total. The van der Waals surface area contributed by atoms with Gasteiger partial charge in [-0.2, -0.15) is 0 Å². The maximum Gasteiger partial charge on any atom is 0.343 e. The molecule has 0 aromatic heterocycles. The summed E-state index contributed by atoms with van der Waals surface area (Å²) in [7, 11) is 0. The number of esters is 3. The summed E-state index contributed by atoms with van der Waals surface area (Å²) < 4.78 is 27.3. The molecule has 242 valence electrons. The van der Waals surface area contributed by atoms with Gasteiger partial charge in [-0.1, -0.05) is 19.2 Å². The molecule has 46 heavy (non-hydrogen) atoms. The monoisotopic (exact) mass is 630 g/mol. The van der Waals surface area contributed by atoms with Gasteiger partial charge < -0.3 is 28.8 Å². The summed E-state index contributed by atoms with van der Waals surface area (Å²) in [6, 6.07) is 14.9. The summed E-state index contributed by atoms with van der Waals surface area (Å²) in [5, 5.41) is 9.72. The van der Waals surface area contributed by atoms with Crippen LogP contribution in [0, 0.1) is 13.8 Å². The Labute approximate surface area is 268 Å². The molecule has 0 bridgehead atoms. The minimum absolute atomic E-state index is 0.147. The minimum Gasteiger partial charge on any atom is -0.494 e. The third-order valence-corrected chi connectivity index (χ3v) is 6.84. The minimum atomic E-state index is -1.06.